The van der Waals surface area contributed by atoms with Crippen molar-refractivity contribution in [2.24, 2.45) is 0 Å². The molecule has 0 aliphatic heterocycles. The van der Waals surface area contributed by atoms with Gasteiger partial charge in [-0.05, 0) is 19.8 Å². The zero-order valence-electron chi connectivity index (χ0n) is 11.5. The SMILES string of the molecule is CCCCOCC(=O)C(C)(OCCCC)C(=O)O. The molecule has 0 fully saturated rings. The van der Waals surface area contributed by atoms with E-state index in [-0.39, 0.29) is 13.2 Å². The monoisotopic (exact) mass is 260 g/mol. The van der Waals surface area contributed by atoms with E-state index in [9.17, 15) is 9.59 Å². The van der Waals surface area contributed by atoms with Gasteiger partial charge in [-0.3, -0.25) is 4.79 Å². The van der Waals surface area contributed by atoms with E-state index in [4.69, 9.17) is 14.6 Å². The molecular formula is C13H24O5. The minimum atomic E-state index is -1.79. The van der Waals surface area contributed by atoms with Crippen LogP contribution in [0.5, 0.6) is 0 Å². The third-order valence-corrected chi connectivity index (χ3v) is 2.70. The lowest BCUT2D eigenvalue weighted by molar-refractivity contribution is -0.172. The number of hydrogen-bond acceptors (Lipinski definition) is 4. The highest BCUT2D eigenvalue weighted by Gasteiger charge is 2.42. The maximum absolute atomic E-state index is 11.8. The summed E-state index contributed by atoms with van der Waals surface area (Å²) in [5, 5.41) is 9.10. The lowest BCUT2D eigenvalue weighted by atomic mass is 10.0. The molecule has 0 aliphatic carbocycles. The van der Waals surface area contributed by atoms with Crippen molar-refractivity contribution in [3.8, 4) is 0 Å². The molecule has 0 aliphatic rings. The summed E-state index contributed by atoms with van der Waals surface area (Å²) >= 11 is 0. The van der Waals surface area contributed by atoms with E-state index in [2.05, 4.69) is 0 Å². The zero-order chi connectivity index (χ0) is 14.0. The van der Waals surface area contributed by atoms with Crippen molar-refractivity contribution >= 4 is 11.8 Å². The second kappa shape index (κ2) is 9.05. The first-order valence-corrected chi connectivity index (χ1v) is 6.47. The summed E-state index contributed by atoms with van der Waals surface area (Å²) in [5.74, 6) is -1.80. The van der Waals surface area contributed by atoms with Gasteiger partial charge in [-0.15, -0.1) is 0 Å². The van der Waals surface area contributed by atoms with Gasteiger partial charge in [0.15, 0.2) is 0 Å². The van der Waals surface area contributed by atoms with Crippen molar-refractivity contribution in [1.82, 2.24) is 0 Å². The normalized spacial score (nSPS) is 14.2. The van der Waals surface area contributed by atoms with Crippen LogP contribution in [0.4, 0.5) is 0 Å². The van der Waals surface area contributed by atoms with Crippen LogP contribution in [0.1, 0.15) is 46.5 Å². The van der Waals surface area contributed by atoms with Gasteiger partial charge in [0.05, 0.1) is 0 Å². The van der Waals surface area contributed by atoms with Crippen LogP contribution in [0.2, 0.25) is 0 Å². The van der Waals surface area contributed by atoms with Gasteiger partial charge in [-0.1, -0.05) is 26.7 Å². The van der Waals surface area contributed by atoms with Gasteiger partial charge in [0.25, 0.3) is 0 Å². The quantitative estimate of drug-likeness (QED) is 0.454. The van der Waals surface area contributed by atoms with Crippen molar-refractivity contribution < 1.29 is 24.2 Å². The van der Waals surface area contributed by atoms with E-state index in [0.717, 1.165) is 25.7 Å². The molecule has 1 atom stereocenters. The Kier molecular flexibility index (Phi) is 8.58. The fourth-order valence-corrected chi connectivity index (χ4v) is 1.23. The number of carbonyl (C=O) groups excluding carboxylic acids is 1. The lowest BCUT2D eigenvalue weighted by Gasteiger charge is -2.23. The number of carboxylic acids is 1. The van der Waals surface area contributed by atoms with E-state index >= 15 is 0 Å². The molecule has 0 radical (unpaired) electrons. The molecule has 0 rings (SSSR count). The molecule has 18 heavy (non-hydrogen) atoms. The standard InChI is InChI=1S/C13H24O5/c1-4-6-8-17-10-11(14)13(3,12(15)16)18-9-7-5-2/h4-10H2,1-3H3,(H,15,16). The average Bonchev–Trinajstić information content (AvgIpc) is 2.34. The van der Waals surface area contributed by atoms with Crippen molar-refractivity contribution in [2.45, 2.75) is 52.1 Å². The summed E-state index contributed by atoms with van der Waals surface area (Å²) in [6.45, 7) is 5.79. The van der Waals surface area contributed by atoms with Gasteiger partial charge in [-0.2, -0.15) is 0 Å². The van der Waals surface area contributed by atoms with Gasteiger partial charge in [-0.25, -0.2) is 4.79 Å². The number of hydrogen-bond donors (Lipinski definition) is 1. The molecule has 0 bridgehead atoms. The first-order valence-electron chi connectivity index (χ1n) is 6.47. The van der Waals surface area contributed by atoms with E-state index in [1.165, 1.54) is 6.92 Å². The summed E-state index contributed by atoms with van der Waals surface area (Å²) < 4.78 is 10.4. The second-order valence-electron chi connectivity index (χ2n) is 4.37. The Morgan fingerprint density at radius 1 is 1.11 bits per heavy atom. The van der Waals surface area contributed by atoms with Crippen LogP contribution in [0.15, 0.2) is 0 Å². The Morgan fingerprint density at radius 3 is 2.17 bits per heavy atom. The third-order valence-electron chi connectivity index (χ3n) is 2.70. The second-order valence-corrected chi connectivity index (χ2v) is 4.37. The molecule has 1 unspecified atom stereocenters. The van der Waals surface area contributed by atoms with Gasteiger partial charge in [0.1, 0.15) is 6.61 Å². The van der Waals surface area contributed by atoms with Crippen molar-refractivity contribution in [1.29, 1.82) is 0 Å². The van der Waals surface area contributed by atoms with Crippen LogP contribution in [-0.2, 0) is 19.1 Å². The Balaban J connectivity index is 4.29. The smallest absolute Gasteiger partial charge is 0.343 e. The summed E-state index contributed by atoms with van der Waals surface area (Å²) in [5.41, 5.74) is -1.79. The molecule has 0 aromatic carbocycles. The van der Waals surface area contributed by atoms with Crippen LogP contribution in [0.25, 0.3) is 0 Å². The highest BCUT2D eigenvalue weighted by Crippen LogP contribution is 2.14. The predicted molar refractivity (Wildman–Crippen MR) is 67.6 cm³/mol. The van der Waals surface area contributed by atoms with E-state index < -0.39 is 17.4 Å². The number of ketones is 1. The molecule has 0 heterocycles. The fourth-order valence-electron chi connectivity index (χ4n) is 1.23. The zero-order valence-corrected chi connectivity index (χ0v) is 11.5. The molecule has 0 saturated carbocycles. The van der Waals surface area contributed by atoms with Gasteiger partial charge in [0.2, 0.25) is 11.4 Å². The first kappa shape index (κ1) is 17.1. The Morgan fingerprint density at radius 2 is 1.67 bits per heavy atom. The first-order chi connectivity index (χ1) is 8.49. The number of carbonyl (C=O) groups is 2. The Labute approximate surface area is 108 Å². The molecule has 0 amide bonds. The molecule has 1 N–H and O–H groups in total. The van der Waals surface area contributed by atoms with Gasteiger partial charge >= 0.3 is 5.97 Å². The molecular weight excluding hydrogens is 236 g/mol. The highest BCUT2D eigenvalue weighted by molar-refractivity contribution is 6.06. The minimum Gasteiger partial charge on any atom is -0.479 e. The summed E-state index contributed by atoms with van der Waals surface area (Å²) in [6, 6.07) is 0. The fraction of sp³-hybridized carbons (Fsp3) is 0.846. The topological polar surface area (TPSA) is 72.8 Å². The number of unbranched alkanes of at least 4 members (excludes halogenated alkanes) is 2. The third kappa shape index (κ3) is 5.60. The van der Waals surface area contributed by atoms with Crippen molar-refractivity contribution in [2.75, 3.05) is 19.8 Å². The number of carboxylic acid groups (broad SMARTS) is 1. The summed E-state index contributed by atoms with van der Waals surface area (Å²) in [6.07, 6.45) is 3.44. The molecule has 5 nitrogen and oxygen atoms in total. The minimum absolute atomic E-state index is 0.213. The van der Waals surface area contributed by atoms with Crippen molar-refractivity contribution in [3.63, 3.8) is 0 Å². The molecule has 106 valence electrons. The molecule has 0 aromatic heterocycles. The van der Waals surface area contributed by atoms with Gasteiger partial charge < -0.3 is 14.6 Å². The molecule has 0 saturated heterocycles. The van der Waals surface area contributed by atoms with Crippen LogP contribution in [0, 0.1) is 0 Å². The predicted octanol–water partition coefficient (Wildman–Crippen LogP) is 2.03. The van der Waals surface area contributed by atoms with E-state index in [0.29, 0.717) is 6.61 Å². The number of rotatable bonds is 11. The molecule has 5 heteroatoms. The van der Waals surface area contributed by atoms with Crippen LogP contribution in [-0.4, -0.2) is 42.3 Å². The van der Waals surface area contributed by atoms with E-state index in [1.54, 1.807) is 0 Å². The summed E-state index contributed by atoms with van der Waals surface area (Å²) in [4.78, 5) is 23.0. The van der Waals surface area contributed by atoms with Crippen LogP contribution >= 0.6 is 0 Å². The van der Waals surface area contributed by atoms with E-state index in [1.807, 2.05) is 13.8 Å². The van der Waals surface area contributed by atoms with Crippen molar-refractivity contribution in [3.05, 3.63) is 0 Å². The molecule has 0 spiro atoms. The average molecular weight is 260 g/mol. The Bertz CT molecular complexity index is 264. The largest absolute Gasteiger partial charge is 0.479 e. The van der Waals surface area contributed by atoms with Gasteiger partial charge in [0, 0.05) is 13.2 Å². The highest BCUT2D eigenvalue weighted by atomic mass is 16.5. The lowest BCUT2D eigenvalue weighted by Crippen LogP contribution is -2.48. The molecule has 0 aromatic rings. The number of Topliss-reactive ketones (excluding diaryl/α,β-unsaturated/α-hetero) is 1. The maximum Gasteiger partial charge on any atom is 0.343 e. The maximum atomic E-state index is 11.8. The summed E-state index contributed by atoms with van der Waals surface area (Å²) in [7, 11) is 0. The van der Waals surface area contributed by atoms with Crippen LogP contribution in [0.3, 0.4) is 0 Å². The number of aliphatic carboxylic acids is 1. The van der Waals surface area contributed by atoms with Crippen LogP contribution < -0.4 is 0 Å². The Hall–Kier alpha value is -0.940. The number of ether oxygens (including phenoxy) is 2.